The number of amides is 1. The molecule has 3 aromatic rings. The number of rotatable bonds is 6. The van der Waals surface area contributed by atoms with Gasteiger partial charge < -0.3 is 4.52 Å². The Bertz CT molecular complexity index is 967. The molecule has 0 radical (unpaired) electrons. The summed E-state index contributed by atoms with van der Waals surface area (Å²) in [7, 11) is -3.79. The van der Waals surface area contributed by atoms with Gasteiger partial charge in [-0.1, -0.05) is 23.4 Å². The van der Waals surface area contributed by atoms with Gasteiger partial charge in [-0.2, -0.15) is 0 Å². The molecule has 0 spiro atoms. The van der Waals surface area contributed by atoms with Crippen molar-refractivity contribution < 1.29 is 17.7 Å². The molecule has 1 amide bonds. The van der Waals surface area contributed by atoms with Crippen molar-refractivity contribution in [3.63, 3.8) is 0 Å². The van der Waals surface area contributed by atoms with E-state index in [1.54, 1.807) is 31.2 Å². The third-order valence-corrected chi connectivity index (χ3v) is 4.80. The standard InChI is InChI=1S/C17H15N3O4S/c1-13-11-17(18-24-13)19-25(22,23)16-9-7-15(8-10-16)20(12-21)14-5-3-2-4-6-14/h2-12H,1H3,(H,18,19). The van der Waals surface area contributed by atoms with E-state index in [4.69, 9.17) is 4.52 Å². The maximum atomic E-state index is 12.4. The number of aryl methyl sites for hydroxylation is 1. The van der Waals surface area contributed by atoms with E-state index in [1.807, 2.05) is 18.2 Å². The van der Waals surface area contributed by atoms with E-state index < -0.39 is 10.0 Å². The fourth-order valence-electron chi connectivity index (χ4n) is 2.26. The number of carbonyl (C=O) groups excluding carboxylic acids is 1. The first kappa shape index (κ1) is 16.7. The minimum Gasteiger partial charge on any atom is -0.360 e. The molecule has 0 atom stereocenters. The Morgan fingerprint density at radius 3 is 2.24 bits per heavy atom. The van der Waals surface area contributed by atoms with Crippen molar-refractivity contribution in [3.8, 4) is 0 Å². The zero-order valence-corrected chi connectivity index (χ0v) is 14.1. The monoisotopic (exact) mass is 357 g/mol. The highest BCUT2D eigenvalue weighted by Gasteiger charge is 2.17. The summed E-state index contributed by atoms with van der Waals surface area (Å²) in [5, 5.41) is 3.61. The van der Waals surface area contributed by atoms with Crippen LogP contribution >= 0.6 is 0 Å². The van der Waals surface area contributed by atoms with Gasteiger partial charge in [0.1, 0.15) is 5.76 Å². The molecule has 1 N–H and O–H groups in total. The highest BCUT2D eigenvalue weighted by atomic mass is 32.2. The van der Waals surface area contributed by atoms with Gasteiger partial charge in [-0.15, -0.1) is 0 Å². The predicted octanol–water partition coefficient (Wildman–Crippen LogP) is 3.08. The van der Waals surface area contributed by atoms with E-state index in [0.717, 1.165) is 0 Å². The highest BCUT2D eigenvalue weighted by molar-refractivity contribution is 7.92. The SMILES string of the molecule is Cc1cc(NS(=O)(=O)c2ccc(N(C=O)c3ccccc3)cc2)no1. The number of hydrogen-bond acceptors (Lipinski definition) is 5. The van der Waals surface area contributed by atoms with Crippen molar-refractivity contribution in [2.45, 2.75) is 11.8 Å². The predicted molar refractivity (Wildman–Crippen MR) is 93.1 cm³/mol. The summed E-state index contributed by atoms with van der Waals surface area (Å²) >= 11 is 0. The molecular weight excluding hydrogens is 342 g/mol. The summed E-state index contributed by atoms with van der Waals surface area (Å²) in [6.07, 6.45) is 0.676. The second-order valence-corrected chi connectivity index (χ2v) is 6.92. The van der Waals surface area contributed by atoms with Crippen molar-refractivity contribution in [1.82, 2.24) is 5.16 Å². The fourth-order valence-corrected chi connectivity index (χ4v) is 3.24. The zero-order valence-electron chi connectivity index (χ0n) is 13.3. The van der Waals surface area contributed by atoms with Crippen LogP contribution in [0.3, 0.4) is 0 Å². The molecule has 0 saturated heterocycles. The van der Waals surface area contributed by atoms with Crippen LogP contribution in [0.15, 0.2) is 70.1 Å². The molecule has 8 heteroatoms. The van der Waals surface area contributed by atoms with E-state index in [9.17, 15) is 13.2 Å². The molecule has 0 aliphatic rings. The summed E-state index contributed by atoms with van der Waals surface area (Å²) in [5.41, 5.74) is 1.24. The number of nitrogens with zero attached hydrogens (tertiary/aromatic N) is 2. The van der Waals surface area contributed by atoms with Crippen molar-refractivity contribution >= 4 is 33.6 Å². The Hall–Kier alpha value is -3.13. The van der Waals surface area contributed by atoms with E-state index in [1.165, 1.54) is 23.1 Å². The molecule has 7 nitrogen and oxygen atoms in total. The fraction of sp³-hybridized carbons (Fsp3) is 0.0588. The van der Waals surface area contributed by atoms with E-state index in [2.05, 4.69) is 9.88 Å². The van der Waals surface area contributed by atoms with Crippen LogP contribution in [0.4, 0.5) is 17.2 Å². The molecule has 2 aromatic carbocycles. The summed E-state index contributed by atoms with van der Waals surface area (Å²) in [6.45, 7) is 1.66. The maximum Gasteiger partial charge on any atom is 0.263 e. The van der Waals surface area contributed by atoms with Gasteiger partial charge in [0.2, 0.25) is 6.41 Å². The van der Waals surface area contributed by atoms with Crippen molar-refractivity contribution in [2.24, 2.45) is 0 Å². The molecule has 1 heterocycles. The van der Waals surface area contributed by atoms with Crippen LogP contribution < -0.4 is 9.62 Å². The molecule has 128 valence electrons. The lowest BCUT2D eigenvalue weighted by atomic mass is 10.2. The van der Waals surface area contributed by atoms with Crippen LogP contribution in [-0.4, -0.2) is 20.0 Å². The third kappa shape index (κ3) is 3.69. The Balaban J connectivity index is 1.85. The number of hydrogen-bond donors (Lipinski definition) is 1. The highest BCUT2D eigenvalue weighted by Crippen LogP contribution is 2.25. The van der Waals surface area contributed by atoms with Crippen LogP contribution in [0.1, 0.15) is 5.76 Å². The minimum atomic E-state index is -3.79. The van der Waals surface area contributed by atoms with Gasteiger partial charge in [-0.3, -0.25) is 14.4 Å². The molecule has 25 heavy (non-hydrogen) atoms. The molecule has 0 aliphatic heterocycles. The third-order valence-electron chi connectivity index (χ3n) is 3.43. The average molecular weight is 357 g/mol. The lowest BCUT2D eigenvalue weighted by molar-refractivity contribution is -0.106. The quantitative estimate of drug-likeness (QED) is 0.685. The number of nitrogens with one attached hydrogen (secondary N) is 1. The van der Waals surface area contributed by atoms with Gasteiger partial charge in [0.05, 0.1) is 4.90 Å². The van der Waals surface area contributed by atoms with Crippen molar-refractivity contribution in [1.29, 1.82) is 0 Å². The number of sulfonamides is 1. The van der Waals surface area contributed by atoms with Gasteiger partial charge in [-0.25, -0.2) is 8.42 Å². The van der Waals surface area contributed by atoms with E-state index in [0.29, 0.717) is 23.5 Å². The van der Waals surface area contributed by atoms with Gasteiger partial charge in [0, 0.05) is 17.4 Å². The normalized spacial score (nSPS) is 11.1. The van der Waals surface area contributed by atoms with Gasteiger partial charge in [0.25, 0.3) is 10.0 Å². The van der Waals surface area contributed by atoms with Gasteiger partial charge in [-0.05, 0) is 43.3 Å². The summed E-state index contributed by atoms with van der Waals surface area (Å²) in [5.74, 6) is 0.609. The second kappa shape index (κ2) is 6.78. The number of carbonyl (C=O) groups is 1. The van der Waals surface area contributed by atoms with Crippen molar-refractivity contribution in [2.75, 3.05) is 9.62 Å². The molecule has 0 aliphatic carbocycles. The Kier molecular flexibility index (Phi) is 4.53. The molecule has 1 aromatic heterocycles. The summed E-state index contributed by atoms with van der Waals surface area (Å²) < 4.78 is 31.9. The minimum absolute atomic E-state index is 0.0517. The molecule has 0 fully saturated rings. The van der Waals surface area contributed by atoms with E-state index >= 15 is 0 Å². The lowest BCUT2D eigenvalue weighted by Crippen LogP contribution is -2.15. The van der Waals surface area contributed by atoms with Crippen LogP contribution in [0, 0.1) is 6.92 Å². The van der Waals surface area contributed by atoms with Gasteiger partial charge in [0.15, 0.2) is 5.82 Å². The first-order chi connectivity index (χ1) is 12.0. The first-order valence-corrected chi connectivity index (χ1v) is 8.84. The summed E-state index contributed by atoms with van der Waals surface area (Å²) in [6, 6.07) is 16.5. The smallest absolute Gasteiger partial charge is 0.263 e. The Morgan fingerprint density at radius 1 is 1.04 bits per heavy atom. The van der Waals surface area contributed by atoms with Crippen LogP contribution in [0.5, 0.6) is 0 Å². The number of para-hydroxylation sites is 1. The molecule has 3 rings (SSSR count). The Morgan fingerprint density at radius 2 is 1.68 bits per heavy atom. The molecule has 0 saturated carbocycles. The first-order valence-electron chi connectivity index (χ1n) is 7.35. The number of benzene rings is 2. The number of aromatic nitrogens is 1. The van der Waals surface area contributed by atoms with Crippen LogP contribution in [-0.2, 0) is 14.8 Å². The largest absolute Gasteiger partial charge is 0.360 e. The number of anilines is 3. The molecule has 0 bridgehead atoms. The molecular formula is C17H15N3O4S. The van der Waals surface area contributed by atoms with E-state index in [-0.39, 0.29) is 10.7 Å². The zero-order chi connectivity index (χ0) is 17.9. The maximum absolute atomic E-state index is 12.4. The second-order valence-electron chi connectivity index (χ2n) is 5.23. The molecule has 0 unspecified atom stereocenters. The summed E-state index contributed by atoms with van der Waals surface area (Å²) in [4.78, 5) is 12.9. The Labute approximate surface area is 144 Å². The van der Waals surface area contributed by atoms with Crippen LogP contribution in [0.25, 0.3) is 0 Å². The van der Waals surface area contributed by atoms with Crippen molar-refractivity contribution in [3.05, 3.63) is 66.4 Å². The lowest BCUT2D eigenvalue weighted by Gasteiger charge is -2.17. The van der Waals surface area contributed by atoms with Gasteiger partial charge >= 0.3 is 0 Å². The van der Waals surface area contributed by atoms with Crippen LogP contribution in [0.2, 0.25) is 0 Å². The topological polar surface area (TPSA) is 92.5 Å². The average Bonchev–Trinajstić information content (AvgIpc) is 3.01.